The summed E-state index contributed by atoms with van der Waals surface area (Å²) in [6.07, 6.45) is 0. The van der Waals surface area contributed by atoms with Crippen LogP contribution in [0, 0.1) is 0 Å². The molecule has 1 amide bonds. The Balaban J connectivity index is 1.58. The van der Waals surface area contributed by atoms with Gasteiger partial charge >= 0.3 is 0 Å². The number of thiophene rings is 1. The molecule has 2 heterocycles. The van der Waals surface area contributed by atoms with Gasteiger partial charge in [0, 0.05) is 0 Å². The van der Waals surface area contributed by atoms with Gasteiger partial charge in [-0.05, 0) is 30.9 Å². The van der Waals surface area contributed by atoms with Crippen LogP contribution in [0.1, 0.15) is 25.5 Å². The Hall–Kier alpha value is -2.12. The second-order valence-corrected chi connectivity index (χ2v) is 7.60. The molecule has 0 aliphatic heterocycles. The van der Waals surface area contributed by atoms with Crippen LogP contribution >= 0.6 is 23.1 Å². The lowest BCUT2D eigenvalue weighted by atomic mass is 10.1. The number of aromatic nitrogens is 3. The molecule has 24 heavy (non-hydrogen) atoms. The van der Waals surface area contributed by atoms with Crippen LogP contribution in [0.4, 0.5) is 0 Å². The van der Waals surface area contributed by atoms with Crippen LogP contribution in [-0.4, -0.2) is 26.3 Å². The number of thioether (sulfide) groups is 1. The molecule has 1 aromatic carbocycles. The summed E-state index contributed by atoms with van der Waals surface area (Å²) in [4.78, 5) is 17.8. The second kappa shape index (κ2) is 7.63. The topological polar surface area (TPSA) is 70.7 Å². The van der Waals surface area contributed by atoms with Crippen molar-refractivity contribution < 1.29 is 4.79 Å². The van der Waals surface area contributed by atoms with Crippen molar-refractivity contribution in [1.29, 1.82) is 0 Å². The number of carbonyl (C=O) groups is 1. The molecule has 5 nitrogen and oxygen atoms in total. The smallest absolute Gasteiger partial charge is 0.233 e. The molecule has 2 unspecified atom stereocenters. The minimum absolute atomic E-state index is 0.0289. The number of rotatable bonds is 6. The van der Waals surface area contributed by atoms with Crippen LogP contribution in [0.2, 0.25) is 0 Å². The van der Waals surface area contributed by atoms with Gasteiger partial charge in [-0.25, -0.2) is 4.98 Å². The molecule has 0 saturated carbocycles. The number of aromatic amines is 1. The second-order valence-electron chi connectivity index (χ2n) is 5.34. The van der Waals surface area contributed by atoms with E-state index in [4.69, 9.17) is 0 Å². The number of benzene rings is 1. The fraction of sp³-hybridized carbons (Fsp3) is 0.235. The molecule has 3 aromatic rings. The Morgan fingerprint density at radius 1 is 1.21 bits per heavy atom. The van der Waals surface area contributed by atoms with E-state index in [9.17, 15) is 4.79 Å². The average molecular weight is 358 g/mol. The van der Waals surface area contributed by atoms with E-state index in [1.807, 2.05) is 61.7 Å². The van der Waals surface area contributed by atoms with Crippen LogP contribution in [0.3, 0.4) is 0 Å². The summed E-state index contributed by atoms with van der Waals surface area (Å²) in [5, 5.41) is 12.4. The molecule has 0 radical (unpaired) electrons. The van der Waals surface area contributed by atoms with Gasteiger partial charge in [-0.3, -0.25) is 9.89 Å². The first-order valence-electron chi connectivity index (χ1n) is 7.61. The molecule has 2 atom stereocenters. The van der Waals surface area contributed by atoms with E-state index in [2.05, 4.69) is 20.5 Å². The third kappa shape index (κ3) is 4.04. The highest BCUT2D eigenvalue weighted by atomic mass is 32.2. The van der Waals surface area contributed by atoms with E-state index >= 15 is 0 Å². The van der Waals surface area contributed by atoms with Crippen LogP contribution < -0.4 is 5.32 Å². The van der Waals surface area contributed by atoms with Crippen molar-refractivity contribution in [3.63, 3.8) is 0 Å². The maximum atomic E-state index is 12.4. The summed E-state index contributed by atoms with van der Waals surface area (Å²) in [6.45, 7) is 3.84. The number of hydrogen-bond acceptors (Lipinski definition) is 5. The van der Waals surface area contributed by atoms with Crippen molar-refractivity contribution in [1.82, 2.24) is 20.5 Å². The van der Waals surface area contributed by atoms with Gasteiger partial charge in [0.1, 0.15) is 0 Å². The van der Waals surface area contributed by atoms with Gasteiger partial charge < -0.3 is 5.32 Å². The molecular formula is C17H18N4OS2. The molecule has 0 spiro atoms. The van der Waals surface area contributed by atoms with Crippen molar-refractivity contribution in [2.75, 3.05) is 0 Å². The molecule has 2 N–H and O–H groups in total. The van der Waals surface area contributed by atoms with Crippen LogP contribution in [0.15, 0.2) is 53.0 Å². The number of carbonyl (C=O) groups excluding carboxylic acids is 1. The zero-order chi connectivity index (χ0) is 16.9. The highest BCUT2D eigenvalue weighted by Gasteiger charge is 2.19. The number of H-pyrrole nitrogens is 1. The molecule has 3 rings (SSSR count). The van der Waals surface area contributed by atoms with E-state index in [0.717, 1.165) is 16.3 Å². The lowest BCUT2D eigenvalue weighted by Gasteiger charge is -2.16. The van der Waals surface area contributed by atoms with Crippen molar-refractivity contribution in [2.24, 2.45) is 0 Å². The first kappa shape index (κ1) is 16.7. The van der Waals surface area contributed by atoms with Crippen LogP contribution in [-0.2, 0) is 4.79 Å². The Morgan fingerprint density at radius 3 is 2.71 bits per heavy atom. The summed E-state index contributed by atoms with van der Waals surface area (Å²) in [5.74, 6) is 0.705. The van der Waals surface area contributed by atoms with Crippen molar-refractivity contribution >= 4 is 29.0 Å². The standard InChI is InChI=1S/C17H18N4OS2/c1-11(13-7-4-3-5-8-13)18-16(22)12(2)24-17-19-15(20-21-17)14-9-6-10-23-14/h3-12H,1-2H3,(H,18,22)(H,19,20,21). The lowest BCUT2D eigenvalue weighted by molar-refractivity contribution is -0.120. The fourth-order valence-electron chi connectivity index (χ4n) is 2.19. The van der Waals surface area contributed by atoms with Gasteiger partial charge in [-0.2, -0.15) is 0 Å². The van der Waals surface area contributed by atoms with Crippen molar-refractivity contribution in [2.45, 2.75) is 30.3 Å². The highest BCUT2D eigenvalue weighted by Crippen LogP contribution is 2.25. The molecule has 0 saturated heterocycles. The first-order chi connectivity index (χ1) is 11.6. The lowest BCUT2D eigenvalue weighted by Crippen LogP contribution is -2.33. The normalized spacial score (nSPS) is 13.4. The van der Waals surface area contributed by atoms with Gasteiger partial charge in [0.05, 0.1) is 16.2 Å². The molecule has 2 aromatic heterocycles. The molecule has 0 fully saturated rings. The third-order valence-electron chi connectivity index (χ3n) is 3.53. The monoisotopic (exact) mass is 358 g/mol. The molecule has 0 bridgehead atoms. The molecule has 0 aliphatic carbocycles. The number of hydrogen-bond donors (Lipinski definition) is 2. The Bertz CT molecular complexity index is 786. The summed E-state index contributed by atoms with van der Waals surface area (Å²) in [7, 11) is 0. The highest BCUT2D eigenvalue weighted by molar-refractivity contribution is 8.00. The summed E-state index contributed by atoms with van der Waals surface area (Å²) >= 11 is 2.94. The minimum Gasteiger partial charge on any atom is -0.349 e. The summed E-state index contributed by atoms with van der Waals surface area (Å²) < 4.78 is 0. The Kier molecular flexibility index (Phi) is 5.32. The quantitative estimate of drug-likeness (QED) is 0.656. The van der Waals surface area contributed by atoms with Gasteiger partial charge in [0.15, 0.2) is 5.82 Å². The van der Waals surface area contributed by atoms with E-state index in [1.165, 1.54) is 11.8 Å². The van der Waals surface area contributed by atoms with Gasteiger partial charge in [0.25, 0.3) is 0 Å². The predicted molar refractivity (Wildman–Crippen MR) is 98.0 cm³/mol. The third-order valence-corrected chi connectivity index (χ3v) is 5.37. The number of nitrogens with one attached hydrogen (secondary N) is 2. The zero-order valence-corrected chi connectivity index (χ0v) is 15.0. The van der Waals surface area contributed by atoms with Crippen molar-refractivity contribution in [3.8, 4) is 10.7 Å². The first-order valence-corrected chi connectivity index (χ1v) is 9.37. The zero-order valence-electron chi connectivity index (χ0n) is 13.4. The number of amides is 1. The number of nitrogens with zero attached hydrogens (tertiary/aromatic N) is 2. The van der Waals surface area contributed by atoms with Gasteiger partial charge in [-0.1, -0.05) is 48.2 Å². The van der Waals surface area contributed by atoms with Crippen LogP contribution in [0.5, 0.6) is 0 Å². The largest absolute Gasteiger partial charge is 0.349 e. The predicted octanol–water partition coefficient (Wildman–Crippen LogP) is 3.89. The average Bonchev–Trinajstić information content (AvgIpc) is 3.26. The molecule has 7 heteroatoms. The Morgan fingerprint density at radius 2 is 2.00 bits per heavy atom. The van der Waals surface area contributed by atoms with Gasteiger partial charge in [0.2, 0.25) is 11.1 Å². The summed E-state index contributed by atoms with van der Waals surface area (Å²) in [6, 6.07) is 13.8. The Labute approximate surface area is 148 Å². The molecule has 124 valence electrons. The SMILES string of the molecule is CC(Sc1n[nH]c(-c2cccs2)n1)C(=O)NC(C)c1ccccc1. The van der Waals surface area contributed by atoms with Gasteiger partial charge in [-0.15, -0.1) is 16.4 Å². The van der Waals surface area contributed by atoms with E-state index in [-0.39, 0.29) is 17.2 Å². The van der Waals surface area contributed by atoms with E-state index < -0.39 is 0 Å². The molecule has 0 aliphatic rings. The van der Waals surface area contributed by atoms with Crippen molar-refractivity contribution in [3.05, 3.63) is 53.4 Å². The molecular weight excluding hydrogens is 340 g/mol. The van der Waals surface area contributed by atoms with E-state index in [0.29, 0.717) is 5.16 Å². The summed E-state index contributed by atoms with van der Waals surface area (Å²) in [5.41, 5.74) is 1.08. The van der Waals surface area contributed by atoms with E-state index in [1.54, 1.807) is 11.3 Å². The van der Waals surface area contributed by atoms with Crippen LogP contribution in [0.25, 0.3) is 10.7 Å². The maximum Gasteiger partial charge on any atom is 0.233 e. The maximum absolute atomic E-state index is 12.4. The fourth-order valence-corrected chi connectivity index (χ4v) is 3.59. The minimum atomic E-state index is -0.275.